The predicted octanol–water partition coefficient (Wildman–Crippen LogP) is 1.69. The normalized spacial score (nSPS) is 9.70. The first-order chi connectivity index (χ1) is 9.79. The van der Waals surface area contributed by atoms with E-state index >= 15 is 0 Å². The van der Waals surface area contributed by atoms with Crippen LogP contribution in [0.2, 0.25) is 0 Å². The molecule has 0 unspecified atom stereocenters. The van der Waals surface area contributed by atoms with Crippen LogP contribution in [0.4, 0.5) is 0 Å². The summed E-state index contributed by atoms with van der Waals surface area (Å²) in [6.07, 6.45) is 6.92. The lowest BCUT2D eigenvalue weighted by Gasteiger charge is -2.06. The van der Waals surface area contributed by atoms with Crippen LogP contribution in [0.3, 0.4) is 0 Å². The van der Waals surface area contributed by atoms with Crippen molar-refractivity contribution in [3.8, 4) is 11.8 Å². The first-order valence-corrected chi connectivity index (χ1v) is 8.01. The number of pyridine rings is 1. The lowest BCUT2D eigenvalue weighted by atomic mass is 10.2. The highest BCUT2D eigenvalue weighted by Gasteiger charge is 2.10. The Labute approximate surface area is 124 Å². The van der Waals surface area contributed by atoms with Crippen molar-refractivity contribution in [1.29, 1.82) is 0 Å². The summed E-state index contributed by atoms with van der Waals surface area (Å²) in [5, 5.41) is 11.6. The standard InChI is InChI=1S/C15H20N2O2S/c1-20-12-4-2-3-9-17-15(19)14-13(8-6-11-18)7-5-10-16-14/h5,7,10,18H,2-4,9,11-12H2,1H3,(H,17,19). The van der Waals surface area contributed by atoms with E-state index in [0.29, 0.717) is 17.8 Å². The molecular formula is C15H20N2O2S. The number of aliphatic hydroxyl groups excluding tert-OH is 1. The van der Waals surface area contributed by atoms with Crippen LogP contribution in [0.5, 0.6) is 0 Å². The molecule has 4 nitrogen and oxygen atoms in total. The fourth-order valence-corrected chi connectivity index (χ4v) is 2.15. The zero-order valence-corrected chi connectivity index (χ0v) is 12.5. The number of nitrogens with zero attached hydrogens (tertiary/aromatic N) is 1. The second kappa shape index (κ2) is 10.3. The third-order valence-corrected chi connectivity index (χ3v) is 3.33. The van der Waals surface area contributed by atoms with E-state index < -0.39 is 0 Å². The summed E-state index contributed by atoms with van der Waals surface area (Å²) in [6, 6.07) is 3.45. The number of hydrogen-bond donors (Lipinski definition) is 2. The van der Waals surface area contributed by atoms with E-state index in [1.54, 1.807) is 18.3 Å². The maximum atomic E-state index is 12.0. The molecule has 108 valence electrons. The van der Waals surface area contributed by atoms with E-state index in [1.807, 2.05) is 11.8 Å². The molecule has 1 aromatic rings. The summed E-state index contributed by atoms with van der Waals surface area (Å²) in [4.78, 5) is 16.1. The Morgan fingerprint density at radius 2 is 2.30 bits per heavy atom. The summed E-state index contributed by atoms with van der Waals surface area (Å²) in [5.74, 6) is 6.22. The Bertz CT molecular complexity index is 480. The van der Waals surface area contributed by atoms with Gasteiger partial charge in [-0.05, 0) is 37.0 Å². The maximum absolute atomic E-state index is 12.0. The van der Waals surface area contributed by atoms with Gasteiger partial charge in [0.15, 0.2) is 0 Å². The van der Waals surface area contributed by atoms with Gasteiger partial charge in [0, 0.05) is 12.7 Å². The zero-order valence-electron chi connectivity index (χ0n) is 11.7. The van der Waals surface area contributed by atoms with Gasteiger partial charge in [-0.2, -0.15) is 11.8 Å². The fraction of sp³-hybridized carbons (Fsp3) is 0.467. The fourth-order valence-electron chi connectivity index (χ4n) is 1.66. The van der Waals surface area contributed by atoms with Gasteiger partial charge in [0.2, 0.25) is 0 Å². The highest BCUT2D eigenvalue weighted by Crippen LogP contribution is 2.04. The Balaban J connectivity index is 2.47. The number of aromatic nitrogens is 1. The quantitative estimate of drug-likeness (QED) is 0.593. The molecule has 1 rings (SSSR count). The van der Waals surface area contributed by atoms with Crippen LogP contribution < -0.4 is 5.32 Å². The summed E-state index contributed by atoms with van der Waals surface area (Å²) >= 11 is 1.84. The highest BCUT2D eigenvalue weighted by atomic mass is 32.2. The summed E-state index contributed by atoms with van der Waals surface area (Å²) < 4.78 is 0. The highest BCUT2D eigenvalue weighted by molar-refractivity contribution is 7.98. The van der Waals surface area contributed by atoms with Gasteiger partial charge in [-0.25, -0.2) is 4.98 Å². The molecule has 0 aliphatic rings. The predicted molar refractivity (Wildman–Crippen MR) is 82.8 cm³/mol. The van der Waals surface area contributed by atoms with E-state index in [-0.39, 0.29) is 12.5 Å². The molecule has 0 aliphatic heterocycles. The molecule has 1 heterocycles. The van der Waals surface area contributed by atoms with E-state index in [9.17, 15) is 4.79 Å². The Morgan fingerprint density at radius 1 is 1.45 bits per heavy atom. The maximum Gasteiger partial charge on any atom is 0.271 e. The molecule has 5 heteroatoms. The number of aliphatic hydroxyl groups is 1. The molecule has 1 amide bonds. The van der Waals surface area contributed by atoms with E-state index in [4.69, 9.17) is 5.11 Å². The summed E-state index contributed by atoms with van der Waals surface area (Å²) in [7, 11) is 0. The van der Waals surface area contributed by atoms with Crippen LogP contribution in [0.1, 0.15) is 35.3 Å². The first-order valence-electron chi connectivity index (χ1n) is 6.61. The van der Waals surface area contributed by atoms with Crippen LogP contribution in [0, 0.1) is 11.8 Å². The van der Waals surface area contributed by atoms with Gasteiger partial charge in [-0.3, -0.25) is 4.79 Å². The second-order valence-electron chi connectivity index (χ2n) is 4.17. The van der Waals surface area contributed by atoms with Crippen molar-refractivity contribution in [2.45, 2.75) is 19.3 Å². The summed E-state index contributed by atoms with van der Waals surface area (Å²) in [5.41, 5.74) is 0.860. The van der Waals surface area contributed by atoms with Crippen molar-refractivity contribution in [1.82, 2.24) is 10.3 Å². The van der Waals surface area contributed by atoms with E-state index in [1.165, 1.54) is 6.42 Å². The van der Waals surface area contributed by atoms with Gasteiger partial charge >= 0.3 is 0 Å². The third kappa shape index (κ3) is 6.09. The molecule has 0 fully saturated rings. The van der Waals surface area contributed by atoms with Gasteiger partial charge in [0.1, 0.15) is 12.3 Å². The molecule has 0 atom stereocenters. The second-order valence-corrected chi connectivity index (χ2v) is 5.15. The van der Waals surface area contributed by atoms with Crippen molar-refractivity contribution >= 4 is 17.7 Å². The van der Waals surface area contributed by atoms with Crippen LogP contribution in [-0.4, -0.2) is 41.2 Å². The van der Waals surface area contributed by atoms with Crippen LogP contribution in [0.15, 0.2) is 18.3 Å². The molecule has 20 heavy (non-hydrogen) atoms. The lowest BCUT2D eigenvalue weighted by Crippen LogP contribution is -2.26. The van der Waals surface area contributed by atoms with Crippen molar-refractivity contribution in [3.05, 3.63) is 29.6 Å². The van der Waals surface area contributed by atoms with Crippen molar-refractivity contribution in [2.75, 3.05) is 25.2 Å². The minimum absolute atomic E-state index is 0.210. The van der Waals surface area contributed by atoms with Crippen molar-refractivity contribution in [3.63, 3.8) is 0 Å². The lowest BCUT2D eigenvalue weighted by molar-refractivity contribution is 0.0947. The molecule has 0 saturated carbocycles. The third-order valence-electron chi connectivity index (χ3n) is 2.64. The van der Waals surface area contributed by atoms with Gasteiger partial charge in [-0.15, -0.1) is 0 Å². The number of unbranched alkanes of at least 4 members (excludes halogenated alkanes) is 2. The van der Waals surface area contributed by atoms with Crippen LogP contribution in [-0.2, 0) is 0 Å². The molecule has 0 aliphatic carbocycles. The first kappa shape index (κ1) is 16.5. The van der Waals surface area contributed by atoms with Crippen molar-refractivity contribution in [2.24, 2.45) is 0 Å². The number of thioether (sulfide) groups is 1. The Morgan fingerprint density at radius 3 is 3.05 bits per heavy atom. The smallest absolute Gasteiger partial charge is 0.271 e. The number of hydrogen-bond acceptors (Lipinski definition) is 4. The molecule has 0 bridgehead atoms. The van der Waals surface area contributed by atoms with Gasteiger partial charge < -0.3 is 10.4 Å². The largest absolute Gasteiger partial charge is 0.384 e. The number of carbonyl (C=O) groups is 1. The minimum atomic E-state index is -0.231. The molecule has 0 saturated heterocycles. The summed E-state index contributed by atoms with van der Waals surface area (Å²) in [6.45, 7) is 0.419. The molecule has 1 aromatic heterocycles. The molecular weight excluding hydrogens is 272 g/mol. The van der Waals surface area contributed by atoms with E-state index in [2.05, 4.69) is 28.4 Å². The monoisotopic (exact) mass is 292 g/mol. The van der Waals surface area contributed by atoms with Gasteiger partial charge in [-0.1, -0.05) is 18.3 Å². The van der Waals surface area contributed by atoms with Gasteiger partial charge in [0.25, 0.3) is 5.91 Å². The van der Waals surface area contributed by atoms with E-state index in [0.717, 1.165) is 18.6 Å². The Hall–Kier alpha value is -1.51. The number of rotatable bonds is 7. The topological polar surface area (TPSA) is 62.2 Å². The molecule has 0 radical (unpaired) electrons. The van der Waals surface area contributed by atoms with Crippen LogP contribution >= 0.6 is 11.8 Å². The average molecular weight is 292 g/mol. The number of carbonyl (C=O) groups excluding carboxylic acids is 1. The average Bonchev–Trinajstić information content (AvgIpc) is 2.48. The molecule has 0 spiro atoms. The van der Waals surface area contributed by atoms with Crippen molar-refractivity contribution < 1.29 is 9.90 Å². The molecule has 0 aromatic carbocycles. The van der Waals surface area contributed by atoms with Gasteiger partial charge in [0.05, 0.1) is 5.56 Å². The molecule has 2 N–H and O–H groups in total. The SMILES string of the molecule is CSCCCCCNC(=O)c1ncccc1C#CCO. The number of nitrogens with one attached hydrogen (secondary N) is 1. The minimum Gasteiger partial charge on any atom is -0.384 e. The zero-order chi connectivity index (χ0) is 14.6. The van der Waals surface area contributed by atoms with Crippen LogP contribution in [0.25, 0.3) is 0 Å². The number of amides is 1. The Kier molecular flexibility index (Phi) is 8.52.